The van der Waals surface area contributed by atoms with Crippen LogP contribution in [0.25, 0.3) is 0 Å². The van der Waals surface area contributed by atoms with E-state index in [4.69, 9.17) is 28.0 Å². The lowest BCUT2D eigenvalue weighted by Gasteiger charge is -2.48. The van der Waals surface area contributed by atoms with E-state index in [0.29, 0.717) is 12.1 Å². The van der Waals surface area contributed by atoms with Gasteiger partial charge in [0.1, 0.15) is 19.3 Å². The summed E-state index contributed by atoms with van der Waals surface area (Å²) in [7, 11) is -4.79. The molecule has 0 saturated carbocycles. The highest BCUT2D eigenvalue weighted by Crippen LogP contribution is 2.51. The first kappa shape index (κ1) is 35.0. The third-order valence-electron chi connectivity index (χ3n) is 7.15. The zero-order chi connectivity index (χ0) is 33.4. The summed E-state index contributed by atoms with van der Waals surface area (Å²) < 4.78 is 62.9. The zero-order valence-electron chi connectivity index (χ0n) is 25.6. The van der Waals surface area contributed by atoms with Gasteiger partial charge in [0.05, 0.1) is 26.0 Å². The number of hydrogen-bond acceptors (Lipinski definition) is 13. The van der Waals surface area contributed by atoms with Gasteiger partial charge in [-0.05, 0) is 38.5 Å². The lowest BCUT2D eigenvalue weighted by atomic mass is 9.90. The van der Waals surface area contributed by atoms with Crippen LogP contribution in [-0.4, -0.2) is 85.2 Å². The average molecular weight is 666 g/mol. The highest BCUT2D eigenvalue weighted by atomic mass is 31.2. The first-order valence-corrected chi connectivity index (χ1v) is 16.1. The minimum atomic E-state index is -4.79. The molecule has 2 unspecified atom stereocenters. The van der Waals surface area contributed by atoms with Crippen molar-refractivity contribution in [3.8, 4) is 0 Å². The van der Waals surface area contributed by atoms with Crippen LogP contribution in [0, 0.1) is 0 Å². The SMILES string of the molecule is CC(C)OC(=O)[C@@H](C)NP(=O)(OCC1(CF)OCC[C@]1(OC(=O)OCc1ccccc1)N1C=CCNC1)OC1=CC(=O)C=CC1=O. The average Bonchev–Trinajstić information content (AvgIpc) is 3.40. The lowest BCUT2D eigenvalue weighted by Crippen LogP contribution is -2.67. The monoisotopic (exact) mass is 665 g/mol. The zero-order valence-corrected chi connectivity index (χ0v) is 26.5. The minimum Gasteiger partial charge on any atom is -0.462 e. The molecule has 0 radical (unpaired) electrons. The number of rotatable bonds is 14. The summed E-state index contributed by atoms with van der Waals surface area (Å²) >= 11 is 0. The first-order valence-electron chi connectivity index (χ1n) is 14.6. The summed E-state index contributed by atoms with van der Waals surface area (Å²) in [6.45, 7) is 2.70. The van der Waals surface area contributed by atoms with E-state index in [1.807, 2.05) is 0 Å². The number of alkyl halides is 1. The second-order valence-corrected chi connectivity index (χ2v) is 12.6. The molecule has 1 aromatic carbocycles. The van der Waals surface area contributed by atoms with Gasteiger partial charge in [-0.3, -0.25) is 24.2 Å². The molecule has 2 aliphatic heterocycles. The second-order valence-electron chi connectivity index (χ2n) is 10.9. The molecule has 250 valence electrons. The molecule has 0 aromatic heterocycles. The Morgan fingerprint density at radius 3 is 2.61 bits per heavy atom. The molecule has 1 aliphatic carbocycles. The number of ketones is 2. The molecular weight excluding hydrogens is 628 g/mol. The van der Waals surface area contributed by atoms with Crippen LogP contribution in [0.5, 0.6) is 0 Å². The molecule has 1 aromatic rings. The van der Waals surface area contributed by atoms with Gasteiger partial charge < -0.3 is 28.4 Å². The van der Waals surface area contributed by atoms with E-state index in [1.54, 1.807) is 56.5 Å². The highest BCUT2D eigenvalue weighted by Gasteiger charge is 2.64. The third kappa shape index (κ3) is 8.28. The Morgan fingerprint density at radius 1 is 1.17 bits per heavy atom. The molecule has 2 N–H and O–H groups in total. The van der Waals surface area contributed by atoms with E-state index >= 15 is 4.39 Å². The Morgan fingerprint density at radius 2 is 1.93 bits per heavy atom. The number of nitrogens with one attached hydrogen (secondary N) is 2. The Hall–Kier alpha value is -3.88. The molecular formula is C30H37FN3O11P. The number of carbonyl (C=O) groups is 4. The maximum Gasteiger partial charge on any atom is 0.510 e. The first-order chi connectivity index (χ1) is 21.9. The van der Waals surface area contributed by atoms with E-state index in [2.05, 4.69) is 10.4 Å². The predicted octanol–water partition coefficient (Wildman–Crippen LogP) is 3.20. The van der Waals surface area contributed by atoms with Crippen molar-refractivity contribution in [1.29, 1.82) is 0 Å². The summed E-state index contributed by atoms with van der Waals surface area (Å²) in [6.07, 6.45) is 4.33. The van der Waals surface area contributed by atoms with E-state index in [0.717, 1.165) is 18.2 Å². The quantitative estimate of drug-likeness (QED) is 0.169. The summed E-state index contributed by atoms with van der Waals surface area (Å²) in [4.78, 5) is 51.6. The van der Waals surface area contributed by atoms with Gasteiger partial charge in [0, 0.05) is 25.2 Å². The fourth-order valence-electron chi connectivity index (χ4n) is 4.89. The lowest BCUT2D eigenvalue weighted by molar-refractivity contribution is -0.217. The number of esters is 1. The molecule has 0 spiro atoms. The van der Waals surface area contributed by atoms with Crippen molar-refractivity contribution in [2.24, 2.45) is 0 Å². The fraction of sp³-hybridized carbons (Fsp3) is 0.467. The molecule has 4 atom stereocenters. The number of allylic oxidation sites excluding steroid dienone is 3. The van der Waals surface area contributed by atoms with Crippen LogP contribution in [0.2, 0.25) is 0 Å². The van der Waals surface area contributed by atoms with E-state index in [1.165, 1.54) is 11.8 Å². The van der Waals surface area contributed by atoms with Crippen LogP contribution in [0.1, 0.15) is 32.8 Å². The summed E-state index contributed by atoms with van der Waals surface area (Å²) in [5.74, 6) is -2.89. The second kappa shape index (κ2) is 15.1. The van der Waals surface area contributed by atoms with Crippen molar-refractivity contribution in [2.45, 2.75) is 57.3 Å². The third-order valence-corrected chi connectivity index (χ3v) is 8.76. The Labute approximate surface area is 265 Å². The van der Waals surface area contributed by atoms with Crippen LogP contribution in [0.3, 0.4) is 0 Å². The Bertz CT molecular complexity index is 1440. The highest BCUT2D eigenvalue weighted by molar-refractivity contribution is 7.51. The molecule has 14 nitrogen and oxygen atoms in total. The van der Waals surface area contributed by atoms with Crippen molar-refractivity contribution >= 4 is 31.4 Å². The fourth-order valence-corrected chi connectivity index (χ4v) is 6.43. The number of nitrogens with zero attached hydrogens (tertiary/aromatic N) is 1. The van der Waals surface area contributed by atoms with E-state index in [-0.39, 0.29) is 26.3 Å². The molecule has 0 bridgehead atoms. The van der Waals surface area contributed by atoms with Crippen LogP contribution in [0.15, 0.2) is 66.6 Å². The van der Waals surface area contributed by atoms with Gasteiger partial charge in [-0.2, -0.15) is 5.09 Å². The van der Waals surface area contributed by atoms with Gasteiger partial charge >= 0.3 is 19.9 Å². The molecule has 4 rings (SSSR count). The molecule has 46 heavy (non-hydrogen) atoms. The van der Waals surface area contributed by atoms with Crippen LogP contribution < -0.4 is 10.4 Å². The molecule has 1 fully saturated rings. The van der Waals surface area contributed by atoms with Crippen molar-refractivity contribution in [2.75, 3.05) is 33.1 Å². The van der Waals surface area contributed by atoms with Crippen LogP contribution in [-0.2, 0) is 53.6 Å². The standard InChI is InChI=1S/C30H37FN3O11P/c1-21(2)43-27(37)22(3)33-46(39,45-26-16-24(35)10-11-25(26)36)42-19-29(18-31)30(12-15-41-29,34-14-7-13-32-20-34)44-28(38)40-17-23-8-5-4-6-9-23/h4-11,14,16,21-22,32H,12-13,15,17-20H2,1-3H3,(H,33,39)/t22-,29?,30-,46?/m1/s1. The molecule has 3 aliphatic rings. The van der Waals surface area contributed by atoms with Gasteiger partial charge in [-0.25, -0.2) is 13.8 Å². The number of ether oxygens (including phenoxy) is 4. The largest absolute Gasteiger partial charge is 0.510 e. The van der Waals surface area contributed by atoms with Gasteiger partial charge in [-0.15, -0.1) is 0 Å². The summed E-state index contributed by atoms with van der Waals surface area (Å²) in [5, 5.41) is 5.47. The maximum atomic E-state index is 15.3. The normalized spacial score (nSPS) is 24.7. The summed E-state index contributed by atoms with van der Waals surface area (Å²) in [5.41, 5.74) is -3.32. The minimum absolute atomic E-state index is 0.0502. The van der Waals surface area contributed by atoms with Gasteiger partial charge in [-0.1, -0.05) is 36.4 Å². The molecule has 0 amide bonds. The smallest absolute Gasteiger partial charge is 0.462 e. The van der Waals surface area contributed by atoms with Crippen LogP contribution in [0.4, 0.5) is 9.18 Å². The number of carbonyl (C=O) groups excluding carboxylic acids is 4. The van der Waals surface area contributed by atoms with Gasteiger partial charge in [0.25, 0.3) is 0 Å². The number of hydrogen-bond donors (Lipinski definition) is 2. The van der Waals surface area contributed by atoms with Crippen LogP contribution >= 0.6 is 7.75 Å². The Balaban J connectivity index is 1.63. The van der Waals surface area contributed by atoms with Gasteiger partial charge in [0.15, 0.2) is 17.1 Å². The molecule has 1 saturated heterocycles. The topological polar surface area (TPSA) is 168 Å². The predicted molar refractivity (Wildman–Crippen MR) is 159 cm³/mol. The summed E-state index contributed by atoms with van der Waals surface area (Å²) in [6, 6.07) is 7.53. The van der Waals surface area contributed by atoms with E-state index < -0.39 is 74.0 Å². The van der Waals surface area contributed by atoms with Gasteiger partial charge in [0.2, 0.25) is 11.5 Å². The van der Waals surface area contributed by atoms with Crippen molar-refractivity contribution in [3.63, 3.8) is 0 Å². The molecule has 16 heteroatoms. The Kier molecular flexibility index (Phi) is 11.5. The van der Waals surface area contributed by atoms with Crippen molar-refractivity contribution < 1.29 is 56.1 Å². The number of halogens is 1. The van der Waals surface area contributed by atoms with Crippen molar-refractivity contribution in [1.82, 2.24) is 15.3 Å². The number of benzene rings is 1. The van der Waals surface area contributed by atoms with Crippen molar-refractivity contribution in [3.05, 3.63) is 72.2 Å². The molecule has 2 heterocycles. The van der Waals surface area contributed by atoms with E-state index in [9.17, 15) is 23.7 Å². The maximum absolute atomic E-state index is 15.3.